The molecule has 1 saturated heterocycles. The van der Waals surface area contributed by atoms with E-state index in [4.69, 9.17) is 18.9 Å². The van der Waals surface area contributed by atoms with E-state index in [0.717, 1.165) is 0 Å². The van der Waals surface area contributed by atoms with Gasteiger partial charge in [-0.2, -0.15) is 5.26 Å². The molecule has 0 unspecified atom stereocenters. The van der Waals surface area contributed by atoms with E-state index in [2.05, 4.69) is 13.8 Å². The second-order valence-corrected chi connectivity index (χ2v) is 7.97. The van der Waals surface area contributed by atoms with Crippen LogP contribution in [0.15, 0.2) is 48.0 Å². The maximum absolute atomic E-state index is 12.6. The molecule has 0 bridgehead atoms. The van der Waals surface area contributed by atoms with E-state index in [1.807, 2.05) is 30.3 Å². The minimum absolute atomic E-state index is 0.00517. The van der Waals surface area contributed by atoms with Crippen LogP contribution >= 0.6 is 0 Å². The van der Waals surface area contributed by atoms with Gasteiger partial charge in [-0.25, -0.2) is 4.79 Å². The van der Waals surface area contributed by atoms with E-state index in [-0.39, 0.29) is 23.8 Å². The lowest BCUT2D eigenvalue weighted by Gasteiger charge is -2.26. The first-order valence-electron chi connectivity index (χ1n) is 11.0. The predicted octanol–water partition coefficient (Wildman–Crippen LogP) is 3.57. The third-order valence-corrected chi connectivity index (χ3v) is 5.28. The van der Waals surface area contributed by atoms with E-state index in [1.165, 1.54) is 18.7 Å². The van der Waals surface area contributed by atoms with E-state index in [9.17, 15) is 14.9 Å². The normalized spacial score (nSPS) is 13.9. The van der Waals surface area contributed by atoms with E-state index >= 15 is 0 Å². The van der Waals surface area contributed by atoms with Gasteiger partial charge in [-0.3, -0.25) is 4.79 Å². The van der Waals surface area contributed by atoms with Gasteiger partial charge in [0.2, 0.25) is 0 Å². The van der Waals surface area contributed by atoms with Crippen LogP contribution in [0.5, 0.6) is 17.2 Å². The smallest absolute Gasteiger partial charge is 0.349 e. The lowest BCUT2D eigenvalue weighted by molar-refractivity contribution is -0.136. The van der Waals surface area contributed by atoms with Crippen LogP contribution in [0.4, 0.5) is 0 Å². The maximum atomic E-state index is 12.6. The molecule has 8 heteroatoms. The predicted molar refractivity (Wildman–Crippen MR) is 126 cm³/mol. The second kappa shape index (κ2) is 11.9. The fourth-order valence-corrected chi connectivity index (χ4v) is 3.35. The molecule has 178 valence electrons. The van der Waals surface area contributed by atoms with Crippen molar-refractivity contribution >= 4 is 18.0 Å². The molecule has 0 atom stereocenters. The standard InChI is InChI=1S/C26H28N2O6/c1-18(2)20-5-7-22(8-6-20)33-17-25(29)34-23-9-4-19(15-24(23)31-3)14-21(16-27)26(30)28-10-12-32-13-11-28/h4-9,14-15,18H,10-13,17H2,1-3H3/b21-14+. The molecule has 1 amide bonds. The first-order valence-corrected chi connectivity index (χ1v) is 11.0. The maximum Gasteiger partial charge on any atom is 0.349 e. The van der Waals surface area contributed by atoms with Gasteiger partial charge in [0.05, 0.1) is 20.3 Å². The fraction of sp³-hybridized carbons (Fsp3) is 0.346. The molecule has 0 aliphatic carbocycles. The minimum atomic E-state index is -0.588. The van der Waals surface area contributed by atoms with Crippen LogP contribution in [-0.4, -0.2) is 56.8 Å². The Bertz CT molecular complexity index is 1080. The number of rotatable bonds is 8. The second-order valence-electron chi connectivity index (χ2n) is 7.97. The van der Waals surface area contributed by atoms with Gasteiger partial charge in [0, 0.05) is 13.1 Å². The molecular weight excluding hydrogens is 436 g/mol. The number of amides is 1. The minimum Gasteiger partial charge on any atom is -0.493 e. The van der Waals surface area contributed by atoms with Crippen molar-refractivity contribution in [2.75, 3.05) is 40.0 Å². The Kier molecular flexibility index (Phi) is 8.66. The summed E-state index contributed by atoms with van der Waals surface area (Å²) in [6, 6.07) is 14.3. The van der Waals surface area contributed by atoms with Crippen molar-refractivity contribution in [3.05, 3.63) is 59.2 Å². The molecule has 34 heavy (non-hydrogen) atoms. The number of hydrogen-bond donors (Lipinski definition) is 0. The van der Waals surface area contributed by atoms with Gasteiger partial charge >= 0.3 is 5.97 Å². The Hall–Kier alpha value is -3.83. The number of methoxy groups -OCH3 is 1. The highest BCUT2D eigenvalue weighted by atomic mass is 16.6. The monoisotopic (exact) mass is 464 g/mol. The number of carbonyl (C=O) groups is 2. The molecule has 1 fully saturated rings. The molecule has 0 spiro atoms. The number of hydrogen-bond acceptors (Lipinski definition) is 7. The van der Waals surface area contributed by atoms with Gasteiger partial charge < -0.3 is 23.8 Å². The van der Waals surface area contributed by atoms with E-state index in [0.29, 0.717) is 49.3 Å². The van der Waals surface area contributed by atoms with Gasteiger partial charge in [-0.15, -0.1) is 0 Å². The molecule has 1 aliphatic rings. The zero-order chi connectivity index (χ0) is 24.5. The van der Waals surface area contributed by atoms with Crippen LogP contribution in [0.3, 0.4) is 0 Å². The van der Waals surface area contributed by atoms with Crippen molar-refractivity contribution in [2.45, 2.75) is 19.8 Å². The summed E-state index contributed by atoms with van der Waals surface area (Å²) >= 11 is 0. The van der Waals surface area contributed by atoms with Crippen LogP contribution in [0.1, 0.15) is 30.9 Å². The summed E-state index contributed by atoms with van der Waals surface area (Å²) in [6.45, 7) is 5.73. The van der Waals surface area contributed by atoms with Crippen molar-refractivity contribution in [2.24, 2.45) is 0 Å². The molecule has 8 nitrogen and oxygen atoms in total. The Morgan fingerprint density at radius 3 is 2.44 bits per heavy atom. The van der Waals surface area contributed by atoms with Crippen LogP contribution in [0.25, 0.3) is 6.08 Å². The van der Waals surface area contributed by atoms with Crippen molar-refractivity contribution < 1.29 is 28.5 Å². The summed E-state index contributed by atoms with van der Waals surface area (Å²) in [7, 11) is 1.44. The van der Waals surface area contributed by atoms with Gasteiger partial charge in [0.1, 0.15) is 17.4 Å². The van der Waals surface area contributed by atoms with Crippen LogP contribution < -0.4 is 14.2 Å². The number of carbonyl (C=O) groups excluding carboxylic acids is 2. The molecule has 0 saturated carbocycles. The topological polar surface area (TPSA) is 98.1 Å². The molecule has 0 N–H and O–H groups in total. The quantitative estimate of drug-likeness (QED) is 0.255. The summed E-state index contributed by atoms with van der Waals surface area (Å²) in [5, 5.41) is 9.47. The molecule has 0 radical (unpaired) electrons. The fourth-order valence-electron chi connectivity index (χ4n) is 3.35. The Balaban J connectivity index is 1.64. The zero-order valence-corrected chi connectivity index (χ0v) is 19.6. The highest BCUT2D eigenvalue weighted by Gasteiger charge is 2.21. The number of ether oxygens (including phenoxy) is 4. The number of morpholine rings is 1. The summed E-state index contributed by atoms with van der Waals surface area (Å²) in [5.74, 6) is 0.545. The van der Waals surface area contributed by atoms with Gasteiger partial charge in [-0.05, 0) is 47.4 Å². The van der Waals surface area contributed by atoms with Crippen molar-refractivity contribution in [3.63, 3.8) is 0 Å². The molecule has 1 heterocycles. The number of esters is 1. The number of nitriles is 1. The van der Waals surface area contributed by atoms with Crippen LogP contribution in [0, 0.1) is 11.3 Å². The highest BCUT2D eigenvalue weighted by Crippen LogP contribution is 2.29. The third kappa shape index (κ3) is 6.59. The van der Waals surface area contributed by atoms with Crippen LogP contribution in [0.2, 0.25) is 0 Å². The average Bonchev–Trinajstić information content (AvgIpc) is 2.87. The highest BCUT2D eigenvalue weighted by molar-refractivity contribution is 6.01. The van der Waals surface area contributed by atoms with Gasteiger partial charge in [0.25, 0.3) is 5.91 Å². The third-order valence-electron chi connectivity index (χ3n) is 5.28. The number of nitrogens with zero attached hydrogens (tertiary/aromatic N) is 2. The Morgan fingerprint density at radius 2 is 1.82 bits per heavy atom. The molecule has 0 aromatic heterocycles. The van der Waals surface area contributed by atoms with E-state index in [1.54, 1.807) is 23.1 Å². The average molecular weight is 465 g/mol. The molecule has 3 rings (SSSR count). The molecule has 2 aromatic carbocycles. The molecular formula is C26H28N2O6. The van der Waals surface area contributed by atoms with Gasteiger partial charge in [0.15, 0.2) is 18.1 Å². The largest absolute Gasteiger partial charge is 0.493 e. The summed E-state index contributed by atoms with van der Waals surface area (Å²) in [4.78, 5) is 26.5. The van der Waals surface area contributed by atoms with E-state index < -0.39 is 5.97 Å². The molecule has 2 aromatic rings. The van der Waals surface area contributed by atoms with Crippen molar-refractivity contribution in [1.82, 2.24) is 4.90 Å². The first-order chi connectivity index (χ1) is 16.4. The van der Waals surface area contributed by atoms with Crippen molar-refractivity contribution in [1.29, 1.82) is 5.26 Å². The number of benzene rings is 2. The van der Waals surface area contributed by atoms with Crippen LogP contribution in [-0.2, 0) is 14.3 Å². The summed E-state index contributed by atoms with van der Waals surface area (Å²) in [6.07, 6.45) is 1.48. The lowest BCUT2D eigenvalue weighted by atomic mass is 10.0. The zero-order valence-electron chi connectivity index (χ0n) is 19.6. The molecule has 1 aliphatic heterocycles. The Morgan fingerprint density at radius 1 is 1.12 bits per heavy atom. The summed E-state index contributed by atoms with van der Waals surface area (Å²) in [5.41, 5.74) is 1.75. The first kappa shape index (κ1) is 24.8. The van der Waals surface area contributed by atoms with Crippen molar-refractivity contribution in [3.8, 4) is 23.3 Å². The van der Waals surface area contributed by atoms with Gasteiger partial charge in [-0.1, -0.05) is 32.0 Å². The summed E-state index contributed by atoms with van der Waals surface area (Å²) < 4.78 is 21.5. The SMILES string of the molecule is COc1cc(/C=C(\C#N)C(=O)N2CCOCC2)ccc1OC(=O)COc1ccc(C(C)C)cc1. The lowest BCUT2D eigenvalue weighted by Crippen LogP contribution is -2.41. The Labute approximate surface area is 199 Å².